The molecule has 0 aliphatic carbocycles. The maximum Gasteiger partial charge on any atom is 0.0869 e. The molecule has 1 saturated heterocycles. The first-order valence-corrected chi connectivity index (χ1v) is 12.1. The van der Waals surface area contributed by atoms with Crippen LogP contribution in [-0.2, 0) is 0 Å². The van der Waals surface area contributed by atoms with Crippen molar-refractivity contribution in [2.45, 2.75) is 64.8 Å². The first kappa shape index (κ1) is 11.5. The molecular weight excluding hydrogens is 190 g/mol. The molecule has 0 radical (unpaired) electrons. The van der Waals surface area contributed by atoms with E-state index in [1.165, 1.54) is 19.3 Å². The molecule has 0 spiro atoms. The molecule has 1 fully saturated rings. The van der Waals surface area contributed by atoms with Gasteiger partial charge in [0, 0.05) is 7.59 Å². The van der Waals surface area contributed by atoms with Crippen LogP contribution in [0.3, 0.4) is 0 Å². The average Bonchev–Trinajstić information content (AvgIpc) is 1.95. The molecule has 0 aromatic carbocycles. The minimum atomic E-state index is -0.763. The van der Waals surface area contributed by atoms with E-state index in [1.807, 2.05) is 0 Å². The van der Waals surface area contributed by atoms with Gasteiger partial charge in [-0.1, -0.05) is 39.9 Å². The fraction of sp³-hybridized carbons (Fsp3) is 1.00. The summed E-state index contributed by atoms with van der Waals surface area (Å²) in [5, 5.41) is 0. The highest BCUT2D eigenvalue weighted by Crippen LogP contribution is 2.22. The number of nitrogens with zero attached hydrogens (tertiary/aromatic N) is 1. The van der Waals surface area contributed by atoms with Crippen LogP contribution in [-0.4, -0.2) is 33.4 Å². The summed E-state index contributed by atoms with van der Waals surface area (Å²) in [7, 11) is -0.682. The molecule has 0 bridgehead atoms. The van der Waals surface area contributed by atoms with Crippen LogP contribution in [0.5, 0.6) is 0 Å². The fourth-order valence-corrected chi connectivity index (χ4v) is 9.57. The Morgan fingerprint density at radius 2 is 1.54 bits per heavy atom. The van der Waals surface area contributed by atoms with Crippen LogP contribution in [0.15, 0.2) is 0 Å². The molecule has 2 atom stereocenters. The van der Waals surface area contributed by atoms with E-state index in [2.05, 4.69) is 38.1 Å². The molecule has 0 saturated carbocycles. The van der Waals surface area contributed by atoms with Gasteiger partial charge >= 0.3 is 0 Å². The van der Waals surface area contributed by atoms with Crippen LogP contribution in [0, 0.1) is 0 Å². The summed E-state index contributed by atoms with van der Waals surface area (Å²) in [5.41, 5.74) is 0. The zero-order chi connectivity index (χ0) is 10.1. The zero-order valence-corrected chi connectivity index (χ0v) is 12.3. The van der Waals surface area contributed by atoms with Gasteiger partial charge < -0.3 is 4.57 Å². The van der Waals surface area contributed by atoms with E-state index in [-0.39, 0.29) is 9.20 Å². The molecule has 0 aromatic rings. The summed E-state index contributed by atoms with van der Waals surface area (Å²) in [6.45, 7) is 12.5. The number of rotatable bonds is 2. The predicted molar refractivity (Wildman–Crippen MR) is 66.5 cm³/mol. The Kier molecular flexibility index (Phi) is 3.77. The monoisotopic (exact) mass is 215 g/mol. The molecule has 2 unspecified atom stereocenters. The van der Waals surface area contributed by atoms with Crippen molar-refractivity contribution >= 4 is 16.8 Å². The molecule has 1 aliphatic heterocycles. The Morgan fingerprint density at radius 1 is 1.08 bits per heavy atom. The van der Waals surface area contributed by atoms with E-state index in [1.54, 1.807) is 0 Å². The molecule has 1 rings (SSSR count). The molecule has 1 nitrogen and oxygen atoms in total. The highest BCUT2D eigenvalue weighted by molar-refractivity contribution is 7.22. The largest absolute Gasteiger partial charge is 0.326 e. The molecule has 1 aliphatic rings. The zero-order valence-electron chi connectivity index (χ0n) is 9.93. The van der Waals surface area contributed by atoms with E-state index in [4.69, 9.17) is 0 Å². The van der Waals surface area contributed by atoms with Gasteiger partial charge in [0.15, 0.2) is 0 Å². The second-order valence-electron chi connectivity index (χ2n) is 5.86. The SMILES string of the molecule is CC1CCCC(C)N1[SiH2][Si](C)(C)C. The van der Waals surface area contributed by atoms with E-state index in [0.717, 1.165) is 12.1 Å². The van der Waals surface area contributed by atoms with Crippen molar-refractivity contribution in [3.63, 3.8) is 0 Å². The van der Waals surface area contributed by atoms with Gasteiger partial charge in [0.25, 0.3) is 0 Å². The lowest BCUT2D eigenvalue weighted by Crippen LogP contribution is -2.53. The van der Waals surface area contributed by atoms with Crippen molar-refractivity contribution < 1.29 is 0 Å². The van der Waals surface area contributed by atoms with Gasteiger partial charge in [-0.25, -0.2) is 0 Å². The standard InChI is InChI=1S/C10H25NSi2/c1-9-7-6-8-10(2)11(9)12-13(3,4)5/h9-10H,6-8,12H2,1-5H3. The first-order valence-electron chi connectivity index (χ1n) is 5.66. The summed E-state index contributed by atoms with van der Waals surface area (Å²) in [6, 6.07) is 1.78. The molecule has 0 amide bonds. The maximum absolute atomic E-state index is 2.88. The lowest BCUT2D eigenvalue weighted by molar-refractivity contribution is 0.209. The Hall–Kier alpha value is 0.394. The van der Waals surface area contributed by atoms with Gasteiger partial charge in [-0.3, -0.25) is 0 Å². The van der Waals surface area contributed by atoms with Crippen LogP contribution in [0.4, 0.5) is 0 Å². The lowest BCUT2D eigenvalue weighted by Gasteiger charge is -2.42. The molecule has 0 N–H and O–H groups in total. The van der Waals surface area contributed by atoms with Crippen molar-refractivity contribution in [1.82, 2.24) is 4.57 Å². The quantitative estimate of drug-likeness (QED) is 0.638. The second-order valence-corrected chi connectivity index (χ2v) is 19.3. The number of hydrogen-bond donors (Lipinski definition) is 0. The van der Waals surface area contributed by atoms with Gasteiger partial charge in [0.2, 0.25) is 0 Å². The van der Waals surface area contributed by atoms with Crippen LogP contribution >= 0.6 is 0 Å². The van der Waals surface area contributed by atoms with Crippen molar-refractivity contribution in [3.8, 4) is 0 Å². The molecule has 13 heavy (non-hydrogen) atoms. The van der Waals surface area contributed by atoms with Crippen molar-refractivity contribution in [2.24, 2.45) is 0 Å². The van der Waals surface area contributed by atoms with E-state index in [0.29, 0.717) is 0 Å². The first-order chi connectivity index (χ1) is 5.90. The van der Waals surface area contributed by atoms with E-state index >= 15 is 0 Å². The van der Waals surface area contributed by atoms with Crippen LogP contribution in [0.25, 0.3) is 0 Å². The second kappa shape index (κ2) is 4.28. The fourth-order valence-electron chi connectivity index (χ4n) is 2.33. The topological polar surface area (TPSA) is 3.24 Å². The summed E-state index contributed by atoms with van der Waals surface area (Å²) < 4.78 is 2.88. The van der Waals surface area contributed by atoms with Gasteiger partial charge in [0.1, 0.15) is 0 Å². The smallest absolute Gasteiger partial charge is 0.0869 e. The summed E-state index contributed by atoms with van der Waals surface area (Å²) >= 11 is 0. The third-order valence-electron chi connectivity index (χ3n) is 3.03. The molecular formula is C10H25NSi2. The Labute approximate surface area is 86.6 Å². The summed E-state index contributed by atoms with van der Waals surface area (Å²) in [4.78, 5) is 0. The molecule has 78 valence electrons. The Morgan fingerprint density at radius 3 is 1.92 bits per heavy atom. The highest BCUT2D eigenvalue weighted by atomic mass is 29.2. The van der Waals surface area contributed by atoms with E-state index < -0.39 is 7.59 Å². The molecule has 1 heterocycles. The normalized spacial score (nSPS) is 33.0. The third-order valence-corrected chi connectivity index (χ3v) is 9.54. The Bertz CT molecular complexity index is 155. The maximum atomic E-state index is 2.88. The minimum absolute atomic E-state index is 0.0812. The van der Waals surface area contributed by atoms with Crippen LogP contribution in [0.1, 0.15) is 33.1 Å². The van der Waals surface area contributed by atoms with Crippen molar-refractivity contribution in [3.05, 3.63) is 0 Å². The van der Waals surface area contributed by atoms with E-state index in [9.17, 15) is 0 Å². The van der Waals surface area contributed by atoms with Crippen LogP contribution < -0.4 is 0 Å². The lowest BCUT2D eigenvalue weighted by atomic mass is 10.0. The average molecular weight is 215 g/mol. The van der Waals surface area contributed by atoms with Gasteiger partial charge in [-0.05, 0) is 24.9 Å². The summed E-state index contributed by atoms with van der Waals surface area (Å²) in [5.74, 6) is 0. The third kappa shape index (κ3) is 3.56. The molecule has 0 aromatic heterocycles. The van der Waals surface area contributed by atoms with Gasteiger partial charge in [0.05, 0.1) is 9.20 Å². The van der Waals surface area contributed by atoms with Gasteiger partial charge in [-0.2, -0.15) is 0 Å². The van der Waals surface area contributed by atoms with Crippen LogP contribution in [0.2, 0.25) is 19.6 Å². The number of piperidine rings is 1. The Balaban J connectivity index is 2.54. The minimum Gasteiger partial charge on any atom is -0.326 e. The highest BCUT2D eigenvalue weighted by Gasteiger charge is 2.28. The van der Waals surface area contributed by atoms with Crippen molar-refractivity contribution in [1.29, 1.82) is 0 Å². The van der Waals surface area contributed by atoms with Crippen molar-refractivity contribution in [2.75, 3.05) is 0 Å². The summed E-state index contributed by atoms with van der Waals surface area (Å²) in [6.07, 6.45) is 4.35. The predicted octanol–water partition coefficient (Wildman–Crippen LogP) is 2.17. The molecule has 3 heteroatoms. The van der Waals surface area contributed by atoms with Gasteiger partial charge in [-0.15, -0.1) is 0 Å². The number of hydrogen-bond acceptors (Lipinski definition) is 1.